The van der Waals surface area contributed by atoms with Gasteiger partial charge in [-0.05, 0) is 30.4 Å². The standard InChI is InChI=1S/C16H23NO2S/c18-14-5-7-17(11-14)8-10-19-9-6-13-12-20-16-4-2-1-3-15(13)16/h1-4,13-14,18H,5-12H2/t13?,14-/m1/s1. The quantitative estimate of drug-likeness (QED) is 0.816. The van der Waals surface area contributed by atoms with E-state index >= 15 is 0 Å². The molecule has 0 amide bonds. The summed E-state index contributed by atoms with van der Waals surface area (Å²) in [5, 5.41) is 9.45. The fourth-order valence-corrected chi connectivity index (χ4v) is 4.31. The number of aliphatic hydroxyl groups excluding tert-OH is 1. The summed E-state index contributed by atoms with van der Waals surface area (Å²) < 4.78 is 5.78. The second-order valence-electron chi connectivity index (χ2n) is 5.69. The summed E-state index contributed by atoms with van der Waals surface area (Å²) in [4.78, 5) is 3.73. The van der Waals surface area contributed by atoms with Gasteiger partial charge in [0.2, 0.25) is 0 Å². The van der Waals surface area contributed by atoms with Crippen LogP contribution in [0, 0.1) is 0 Å². The van der Waals surface area contributed by atoms with Gasteiger partial charge in [-0.3, -0.25) is 4.90 Å². The third kappa shape index (κ3) is 3.55. The number of likely N-dealkylation sites (tertiary alicyclic amines) is 1. The molecule has 2 atom stereocenters. The van der Waals surface area contributed by atoms with Crippen LogP contribution in [0.3, 0.4) is 0 Å². The zero-order valence-corrected chi connectivity index (χ0v) is 12.6. The smallest absolute Gasteiger partial charge is 0.0679 e. The highest BCUT2D eigenvalue weighted by Crippen LogP contribution is 2.40. The van der Waals surface area contributed by atoms with Crippen LogP contribution in [0.5, 0.6) is 0 Å². The van der Waals surface area contributed by atoms with Crippen molar-refractivity contribution < 1.29 is 9.84 Å². The fraction of sp³-hybridized carbons (Fsp3) is 0.625. The van der Waals surface area contributed by atoms with Gasteiger partial charge in [-0.1, -0.05) is 18.2 Å². The van der Waals surface area contributed by atoms with E-state index in [2.05, 4.69) is 29.2 Å². The molecular formula is C16H23NO2S. The Kier molecular flexibility index (Phi) is 4.99. The first kappa shape index (κ1) is 14.4. The van der Waals surface area contributed by atoms with Gasteiger partial charge in [0.25, 0.3) is 0 Å². The monoisotopic (exact) mass is 293 g/mol. The van der Waals surface area contributed by atoms with Crippen LogP contribution in [0.2, 0.25) is 0 Å². The molecule has 1 aromatic rings. The van der Waals surface area contributed by atoms with Crippen molar-refractivity contribution in [2.75, 3.05) is 38.6 Å². The fourth-order valence-electron chi connectivity index (χ4n) is 3.00. The molecule has 0 aliphatic carbocycles. The van der Waals surface area contributed by atoms with Gasteiger partial charge >= 0.3 is 0 Å². The van der Waals surface area contributed by atoms with E-state index in [9.17, 15) is 5.11 Å². The van der Waals surface area contributed by atoms with Crippen molar-refractivity contribution in [3.05, 3.63) is 29.8 Å². The highest BCUT2D eigenvalue weighted by Gasteiger charge is 2.22. The van der Waals surface area contributed by atoms with Gasteiger partial charge in [0.1, 0.15) is 0 Å². The van der Waals surface area contributed by atoms with Crippen molar-refractivity contribution >= 4 is 11.8 Å². The van der Waals surface area contributed by atoms with Crippen molar-refractivity contribution in [1.29, 1.82) is 0 Å². The van der Waals surface area contributed by atoms with Gasteiger partial charge in [-0.15, -0.1) is 11.8 Å². The lowest BCUT2D eigenvalue weighted by Gasteiger charge is -2.15. The number of nitrogens with zero attached hydrogens (tertiary/aromatic N) is 1. The van der Waals surface area contributed by atoms with Crippen LogP contribution in [0.1, 0.15) is 24.3 Å². The van der Waals surface area contributed by atoms with E-state index in [1.165, 1.54) is 16.2 Å². The molecule has 3 nitrogen and oxygen atoms in total. The molecule has 1 saturated heterocycles. The average Bonchev–Trinajstić information content (AvgIpc) is 3.05. The number of benzene rings is 1. The summed E-state index contributed by atoms with van der Waals surface area (Å²) in [7, 11) is 0. The van der Waals surface area contributed by atoms with Crippen LogP contribution in [-0.2, 0) is 4.74 Å². The van der Waals surface area contributed by atoms with Crippen molar-refractivity contribution in [3.8, 4) is 0 Å². The minimum Gasteiger partial charge on any atom is -0.392 e. The lowest BCUT2D eigenvalue weighted by Crippen LogP contribution is -2.26. The van der Waals surface area contributed by atoms with Gasteiger partial charge in [-0.2, -0.15) is 0 Å². The SMILES string of the molecule is O[C@@H]1CCN(CCOCCC2CSc3ccccc32)C1. The topological polar surface area (TPSA) is 32.7 Å². The minimum absolute atomic E-state index is 0.123. The Morgan fingerprint density at radius 2 is 2.20 bits per heavy atom. The summed E-state index contributed by atoms with van der Waals surface area (Å²) in [5.41, 5.74) is 1.50. The number of fused-ring (bicyclic) bond motifs is 1. The predicted molar refractivity (Wildman–Crippen MR) is 82.4 cm³/mol. The summed E-state index contributed by atoms with van der Waals surface area (Å²) in [6, 6.07) is 8.73. The molecule has 0 spiro atoms. The van der Waals surface area contributed by atoms with Gasteiger partial charge in [-0.25, -0.2) is 0 Å². The molecule has 2 aliphatic heterocycles. The van der Waals surface area contributed by atoms with E-state index in [4.69, 9.17) is 4.74 Å². The van der Waals surface area contributed by atoms with Crippen LogP contribution < -0.4 is 0 Å². The van der Waals surface area contributed by atoms with Gasteiger partial charge in [0.15, 0.2) is 0 Å². The van der Waals surface area contributed by atoms with Crippen LogP contribution in [0.4, 0.5) is 0 Å². The largest absolute Gasteiger partial charge is 0.392 e. The van der Waals surface area contributed by atoms with E-state index in [0.717, 1.165) is 45.7 Å². The number of hydrogen-bond acceptors (Lipinski definition) is 4. The molecule has 110 valence electrons. The Morgan fingerprint density at radius 3 is 3.05 bits per heavy atom. The Labute approximate surface area is 125 Å². The van der Waals surface area contributed by atoms with Gasteiger partial charge < -0.3 is 9.84 Å². The lowest BCUT2D eigenvalue weighted by molar-refractivity contribution is 0.100. The van der Waals surface area contributed by atoms with Gasteiger partial charge in [0.05, 0.1) is 12.7 Å². The Morgan fingerprint density at radius 1 is 1.30 bits per heavy atom. The Bertz CT molecular complexity index is 440. The van der Waals surface area contributed by atoms with E-state index in [0.29, 0.717) is 5.92 Å². The molecular weight excluding hydrogens is 270 g/mol. The summed E-state index contributed by atoms with van der Waals surface area (Å²) in [5.74, 6) is 1.85. The second-order valence-corrected chi connectivity index (χ2v) is 6.75. The summed E-state index contributed by atoms with van der Waals surface area (Å²) in [6.07, 6.45) is 1.91. The molecule has 1 fully saturated rings. The average molecular weight is 293 g/mol. The van der Waals surface area contributed by atoms with E-state index < -0.39 is 0 Å². The van der Waals surface area contributed by atoms with Crippen molar-refractivity contribution in [2.45, 2.75) is 29.8 Å². The molecule has 3 rings (SSSR count). The maximum absolute atomic E-state index is 9.45. The van der Waals surface area contributed by atoms with Crippen molar-refractivity contribution in [3.63, 3.8) is 0 Å². The number of rotatable bonds is 6. The third-order valence-corrected chi connectivity index (χ3v) is 5.46. The predicted octanol–water partition coefficient (Wildman–Crippen LogP) is 2.35. The molecule has 2 aliphatic rings. The normalized spacial score (nSPS) is 26.1. The van der Waals surface area contributed by atoms with E-state index in [1.54, 1.807) is 0 Å². The number of aliphatic hydroxyl groups is 1. The maximum atomic E-state index is 9.45. The van der Waals surface area contributed by atoms with Crippen LogP contribution >= 0.6 is 11.8 Å². The third-order valence-electron chi connectivity index (χ3n) is 4.21. The maximum Gasteiger partial charge on any atom is 0.0679 e. The Balaban J connectivity index is 1.33. The minimum atomic E-state index is -0.123. The van der Waals surface area contributed by atoms with Crippen molar-refractivity contribution in [1.82, 2.24) is 4.90 Å². The molecule has 1 aromatic carbocycles. The second kappa shape index (κ2) is 6.94. The first-order valence-corrected chi connectivity index (χ1v) is 8.51. The molecule has 0 radical (unpaired) electrons. The molecule has 0 aromatic heterocycles. The molecule has 0 saturated carbocycles. The van der Waals surface area contributed by atoms with Crippen LogP contribution in [0.15, 0.2) is 29.2 Å². The molecule has 1 unspecified atom stereocenters. The lowest BCUT2D eigenvalue weighted by atomic mass is 9.98. The van der Waals surface area contributed by atoms with Gasteiger partial charge in [0, 0.05) is 36.9 Å². The molecule has 1 N–H and O–H groups in total. The molecule has 0 bridgehead atoms. The molecule has 20 heavy (non-hydrogen) atoms. The number of thioether (sulfide) groups is 1. The highest BCUT2D eigenvalue weighted by molar-refractivity contribution is 7.99. The summed E-state index contributed by atoms with van der Waals surface area (Å²) >= 11 is 1.97. The van der Waals surface area contributed by atoms with Crippen molar-refractivity contribution in [2.24, 2.45) is 0 Å². The zero-order valence-electron chi connectivity index (χ0n) is 11.8. The van der Waals surface area contributed by atoms with Crippen LogP contribution in [0.25, 0.3) is 0 Å². The molecule has 4 heteroatoms. The zero-order chi connectivity index (χ0) is 13.8. The first-order valence-electron chi connectivity index (χ1n) is 7.53. The molecule has 2 heterocycles. The van der Waals surface area contributed by atoms with E-state index in [-0.39, 0.29) is 6.10 Å². The van der Waals surface area contributed by atoms with E-state index in [1.807, 2.05) is 11.8 Å². The number of β-amino-alcohol motifs (C(OH)–C–C–N with tert-alkyl or cyclic N) is 1. The number of hydrogen-bond donors (Lipinski definition) is 1. The number of ether oxygens (including phenoxy) is 1. The highest BCUT2D eigenvalue weighted by atomic mass is 32.2. The first-order chi connectivity index (χ1) is 9.83. The van der Waals surface area contributed by atoms with Crippen LogP contribution in [-0.4, -0.2) is 54.7 Å². The summed E-state index contributed by atoms with van der Waals surface area (Å²) in [6.45, 7) is 4.41. The Hall–Kier alpha value is -0.550.